The maximum atomic E-state index is 11.7. The molecule has 139 valence electrons. The van der Waals surface area contributed by atoms with Crippen molar-refractivity contribution in [1.82, 2.24) is 4.98 Å². The summed E-state index contributed by atoms with van der Waals surface area (Å²) in [6, 6.07) is 8.81. The van der Waals surface area contributed by atoms with E-state index in [1.165, 1.54) is 13.0 Å². The third-order valence-corrected chi connectivity index (χ3v) is 6.64. The van der Waals surface area contributed by atoms with E-state index in [1.807, 2.05) is 25.1 Å². The van der Waals surface area contributed by atoms with Gasteiger partial charge >= 0.3 is 162 Å². The molecule has 0 saturated carbocycles. The van der Waals surface area contributed by atoms with Crippen LogP contribution in [0.1, 0.15) is 12.5 Å². The van der Waals surface area contributed by atoms with Gasteiger partial charge in [0.15, 0.2) is 0 Å². The second kappa shape index (κ2) is 7.92. The zero-order valence-corrected chi connectivity index (χ0v) is 17.1. The number of aryl methyl sites for hydroxylation is 1. The Kier molecular flexibility index (Phi) is 5.61. The summed E-state index contributed by atoms with van der Waals surface area (Å²) in [5.74, 6) is 0.338. The molecule has 0 fully saturated rings. The number of benzene rings is 2. The quantitative estimate of drug-likeness (QED) is 0.149. The summed E-state index contributed by atoms with van der Waals surface area (Å²) in [5, 5.41) is 13.7. The van der Waals surface area contributed by atoms with Gasteiger partial charge in [0.2, 0.25) is 0 Å². The number of esters is 1. The van der Waals surface area contributed by atoms with Crippen LogP contribution in [0.3, 0.4) is 0 Å². The Bertz CT molecular complexity index is 1050. The van der Waals surface area contributed by atoms with E-state index in [4.69, 9.17) is 9.47 Å². The molecular formula is C19H18AsN2O5. The van der Waals surface area contributed by atoms with Crippen LogP contribution >= 0.6 is 0 Å². The minimum absolute atomic E-state index is 0.0469. The van der Waals surface area contributed by atoms with E-state index in [-0.39, 0.29) is 16.6 Å². The first kappa shape index (κ1) is 19.1. The fraction of sp³-hybridized carbons (Fsp3) is 0.263. The molecule has 0 spiro atoms. The molecule has 3 rings (SSSR count). The SMILES string of the molecule is COc1ccc2nc3c(C)ccc([N+](=O)[O-])c3c([As]CCOC(C)=O)c2c1. The molecule has 0 aliphatic heterocycles. The molecule has 0 bridgehead atoms. The molecule has 0 unspecified atom stereocenters. The molecule has 7 nitrogen and oxygen atoms in total. The summed E-state index contributed by atoms with van der Waals surface area (Å²) in [6.45, 7) is 3.56. The van der Waals surface area contributed by atoms with Gasteiger partial charge in [0.25, 0.3) is 0 Å². The van der Waals surface area contributed by atoms with Crippen molar-refractivity contribution >= 4 is 53.6 Å². The number of non-ortho nitro benzene ring substituents is 1. The number of carbonyl (C=O) groups excluding carboxylic acids is 1. The molecule has 0 aliphatic carbocycles. The van der Waals surface area contributed by atoms with Gasteiger partial charge in [0.1, 0.15) is 0 Å². The number of carbonyl (C=O) groups is 1. The summed E-state index contributed by atoms with van der Waals surface area (Å²) in [5.41, 5.74) is 2.34. The Balaban J connectivity index is 2.26. The van der Waals surface area contributed by atoms with Gasteiger partial charge in [-0.25, -0.2) is 0 Å². The van der Waals surface area contributed by atoms with Crippen LogP contribution in [0, 0.1) is 17.0 Å². The van der Waals surface area contributed by atoms with Crippen LogP contribution in [0.4, 0.5) is 5.69 Å². The second-order valence-corrected chi connectivity index (χ2v) is 8.49. The predicted octanol–water partition coefficient (Wildman–Crippen LogP) is 2.92. The first-order valence-corrected chi connectivity index (χ1v) is 10.5. The molecule has 0 amide bonds. The third kappa shape index (κ3) is 3.88. The molecule has 2 aromatic carbocycles. The van der Waals surface area contributed by atoms with Crippen molar-refractivity contribution in [3.05, 3.63) is 46.0 Å². The number of ether oxygens (including phenoxy) is 2. The monoisotopic (exact) mass is 429 g/mol. The third-order valence-electron chi connectivity index (χ3n) is 4.15. The molecule has 0 aliphatic rings. The molecule has 1 heterocycles. The van der Waals surface area contributed by atoms with Crippen molar-refractivity contribution in [1.29, 1.82) is 0 Å². The van der Waals surface area contributed by atoms with Crippen molar-refractivity contribution in [2.75, 3.05) is 13.7 Å². The van der Waals surface area contributed by atoms with Crippen LogP contribution in [0.2, 0.25) is 5.21 Å². The van der Waals surface area contributed by atoms with Crippen molar-refractivity contribution in [3.63, 3.8) is 0 Å². The number of nitro benzene ring substituents is 1. The maximum absolute atomic E-state index is 11.7. The normalized spacial score (nSPS) is 11.4. The van der Waals surface area contributed by atoms with E-state index in [1.54, 1.807) is 13.2 Å². The van der Waals surface area contributed by atoms with Gasteiger partial charge in [0, 0.05) is 0 Å². The second-order valence-electron chi connectivity index (χ2n) is 5.95. The number of fused-ring (bicyclic) bond motifs is 2. The van der Waals surface area contributed by atoms with Gasteiger partial charge in [0.05, 0.1) is 0 Å². The first-order chi connectivity index (χ1) is 12.9. The van der Waals surface area contributed by atoms with Crippen molar-refractivity contribution in [3.8, 4) is 5.75 Å². The standard InChI is InChI=1S/C19H18AsN2O5/c1-11-4-7-16(22(24)25)17-18(20-8-9-27-12(2)23)14-10-13(26-3)5-6-15(14)21-19(11)17/h4-7,10H,8-9H2,1-3H3. The minimum atomic E-state index is -0.487. The molecule has 0 atom stereocenters. The average Bonchev–Trinajstić information content (AvgIpc) is 2.64. The predicted molar refractivity (Wildman–Crippen MR) is 104 cm³/mol. The van der Waals surface area contributed by atoms with Gasteiger partial charge in [-0.3, -0.25) is 0 Å². The van der Waals surface area contributed by atoms with Crippen LogP contribution < -0.4 is 9.09 Å². The average molecular weight is 429 g/mol. The molecule has 8 heteroatoms. The number of hydrogen-bond acceptors (Lipinski definition) is 6. The summed E-state index contributed by atoms with van der Waals surface area (Å²) in [4.78, 5) is 27.0. The van der Waals surface area contributed by atoms with Gasteiger partial charge in [-0.15, -0.1) is 0 Å². The zero-order chi connectivity index (χ0) is 19.6. The van der Waals surface area contributed by atoms with E-state index in [2.05, 4.69) is 4.98 Å². The number of nitrogens with zero attached hydrogens (tertiary/aromatic N) is 2. The zero-order valence-electron chi connectivity index (χ0n) is 15.2. The van der Waals surface area contributed by atoms with Gasteiger partial charge < -0.3 is 0 Å². The van der Waals surface area contributed by atoms with Crippen molar-refractivity contribution in [2.24, 2.45) is 0 Å². The molecule has 1 radical (unpaired) electrons. The van der Waals surface area contributed by atoms with Crippen LogP contribution in [0.5, 0.6) is 5.75 Å². The molecule has 1 aromatic heterocycles. The summed E-state index contributed by atoms with van der Waals surface area (Å²) < 4.78 is 11.3. The first-order valence-electron chi connectivity index (χ1n) is 8.28. The Labute approximate surface area is 162 Å². The Hall–Kier alpha value is -2.66. The molecule has 0 N–H and O–H groups in total. The van der Waals surface area contributed by atoms with E-state index >= 15 is 0 Å². The van der Waals surface area contributed by atoms with Crippen LogP contribution in [0.25, 0.3) is 21.8 Å². The van der Waals surface area contributed by atoms with Gasteiger partial charge in [-0.1, -0.05) is 0 Å². The topological polar surface area (TPSA) is 91.6 Å². The van der Waals surface area contributed by atoms with E-state index < -0.39 is 15.8 Å². The molecular weight excluding hydrogens is 411 g/mol. The van der Waals surface area contributed by atoms with Crippen molar-refractivity contribution in [2.45, 2.75) is 19.1 Å². The fourth-order valence-electron chi connectivity index (χ4n) is 2.91. The Morgan fingerprint density at radius 2 is 2.07 bits per heavy atom. The van der Waals surface area contributed by atoms with Crippen molar-refractivity contribution < 1.29 is 19.2 Å². The summed E-state index contributed by atoms with van der Waals surface area (Å²) in [7, 11) is 1.58. The number of methoxy groups -OCH3 is 1. The molecule has 27 heavy (non-hydrogen) atoms. The Morgan fingerprint density at radius 3 is 2.74 bits per heavy atom. The molecule has 3 aromatic rings. The number of rotatable bonds is 6. The van der Waals surface area contributed by atoms with Crippen LogP contribution in [-0.4, -0.2) is 45.3 Å². The van der Waals surface area contributed by atoms with Gasteiger partial charge in [-0.05, 0) is 0 Å². The number of hydrogen-bond donors (Lipinski definition) is 0. The fourth-order valence-corrected chi connectivity index (χ4v) is 5.29. The summed E-state index contributed by atoms with van der Waals surface area (Å²) >= 11 is -0.487. The molecule has 0 saturated heterocycles. The van der Waals surface area contributed by atoms with Gasteiger partial charge in [-0.2, -0.15) is 0 Å². The van der Waals surface area contributed by atoms with E-state index in [0.29, 0.717) is 28.5 Å². The number of aromatic nitrogens is 1. The van der Waals surface area contributed by atoms with E-state index in [9.17, 15) is 14.9 Å². The van der Waals surface area contributed by atoms with Crippen LogP contribution in [-0.2, 0) is 9.53 Å². The Morgan fingerprint density at radius 1 is 1.30 bits per heavy atom. The number of pyridine rings is 1. The number of nitro groups is 1. The van der Waals surface area contributed by atoms with Crippen LogP contribution in [0.15, 0.2) is 30.3 Å². The van der Waals surface area contributed by atoms with E-state index in [0.717, 1.165) is 20.8 Å². The summed E-state index contributed by atoms with van der Waals surface area (Å²) in [6.07, 6.45) is 0.